The summed E-state index contributed by atoms with van der Waals surface area (Å²) in [7, 11) is 0. The summed E-state index contributed by atoms with van der Waals surface area (Å²) in [5.74, 6) is 1.60. The Morgan fingerprint density at radius 1 is 1.60 bits per heavy atom. The fourth-order valence-electron chi connectivity index (χ4n) is 2.10. The Labute approximate surface area is 89.9 Å². The third-order valence-electron chi connectivity index (χ3n) is 2.87. The molecule has 3 nitrogen and oxygen atoms in total. The second kappa shape index (κ2) is 5.12. The van der Waals surface area contributed by atoms with Crippen LogP contribution in [0.3, 0.4) is 0 Å². The van der Waals surface area contributed by atoms with Crippen molar-refractivity contribution in [3.63, 3.8) is 0 Å². The molecule has 0 aromatic carbocycles. The molecule has 0 saturated carbocycles. The molecule has 1 aliphatic rings. The summed E-state index contributed by atoms with van der Waals surface area (Å²) in [5.41, 5.74) is 0. The van der Waals surface area contributed by atoms with E-state index in [1.807, 2.05) is 12.1 Å². The van der Waals surface area contributed by atoms with Gasteiger partial charge in [0.15, 0.2) is 0 Å². The Morgan fingerprint density at radius 3 is 3.20 bits per heavy atom. The van der Waals surface area contributed by atoms with Gasteiger partial charge in [0.05, 0.1) is 12.7 Å². The molecule has 0 spiro atoms. The van der Waals surface area contributed by atoms with Gasteiger partial charge < -0.3 is 9.73 Å². The monoisotopic (exact) mass is 207 g/mol. The van der Waals surface area contributed by atoms with Crippen LogP contribution in [-0.4, -0.2) is 18.9 Å². The van der Waals surface area contributed by atoms with E-state index < -0.39 is 0 Å². The van der Waals surface area contributed by atoms with Crippen molar-refractivity contribution in [3.05, 3.63) is 24.2 Å². The molecule has 2 heterocycles. The number of carbonyl (C=O) groups is 1. The third kappa shape index (κ3) is 3.20. The fourth-order valence-corrected chi connectivity index (χ4v) is 2.10. The first kappa shape index (κ1) is 10.4. The highest BCUT2D eigenvalue weighted by atomic mass is 16.3. The molecule has 3 heteroatoms. The molecule has 1 atom stereocenters. The summed E-state index contributed by atoms with van der Waals surface area (Å²) < 4.78 is 5.16. The van der Waals surface area contributed by atoms with Crippen LogP contribution in [-0.2, 0) is 11.2 Å². The summed E-state index contributed by atoms with van der Waals surface area (Å²) in [4.78, 5) is 11.7. The van der Waals surface area contributed by atoms with Crippen molar-refractivity contribution in [1.82, 2.24) is 5.32 Å². The number of furan rings is 1. The van der Waals surface area contributed by atoms with Crippen molar-refractivity contribution in [2.45, 2.75) is 25.7 Å². The van der Waals surface area contributed by atoms with Gasteiger partial charge in [-0.3, -0.25) is 4.79 Å². The summed E-state index contributed by atoms with van der Waals surface area (Å²) >= 11 is 0. The van der Waals surface area contributed by atoms with E-state index in [9.17, 15) is 4.79 Å². The Kier molecular flexibility index (Phi) is 3.56. The van der Waals surface area contributed by atoms with Gasteiger partial charge in [0.2, 0.25) is 0 Å². The standard InChI is InChI=1S/C12H17NO2/c14-11(8-12-4-2-6-15-12)7-10-3-1-5-13-9-10/h2,4,6,10,13H,1,3,5,7-9H2. The number of piperidine rings is 1. The van der Waals surface area contributed by atoms with E-state index in [1.54, 1.807) is 6.26 Å². The molecule has 82 valence electrons. The number of rotatable bonds is 4. The van der Waals surface area contributed by atoms with E-state index in [2.05, 4.69) is 5.32 Å². The second-order valence-electron chi connectivity index (χ2n) is 4.21. The zero-order valence-corrected chi connectivity index (χ0v) is 8.87. The molecule has 15 heavy (non-hydrogen) atoms. The van der Waals surface area contributed by atoms with E-state index in [0.29, 0.717) is 24.5 Å². The van der Waals surface area contributed by atoms with Gasteiger partial charge in [-0.2, -0.15) is 0 Å². The second-order valence-corrected chi connectivity index (χ2v) is 4.21. The van der Waals surface area contributed by atoms with Crippen LogP contribution in [0.25, 0.3) is 0 Å². The lowest BCUT2D eigenvalue weighted by atomic mass is 9.93. The molecule has 1 saturated heterocycles. The van der Waals surface area contributed by atoms with Crippen LogP contribution in [0.5, 0.6) is 0 Å². The van der Waals surface area contributed by atoms with E-state index in [4.69, 9.17) is 4.42 Å². The Morgan fingerprint density at radius 2 is 2.53 bits per heavy atom. The molecule has 1 unspecified atom stereocenters. The smallest absolute Gasteiger partial charge is 0.140 e. The van der Waals surface area contributed by atoms with Crippen molar-refractivity contribution in [3.8, 4) is 0 Å². The number of hydrogen-bond donors (Lipinski definition) is 1. The predicted octanol–water partition coefficient (Wildman–Crippen LogP) is 1.78. The van der Waals surface area contributed by atoms with Gasteiger partial charge in [0, 0.05) is 6.42 Å². The number of hydrogen-bond acceptors (Lipinski definition) is 3. The highest BCUT2D eigenvalue weighted by molar-refractivity contribution is 5.80. The van der Waals surface area contributed by atoms with Crippen LogP contribution in [0.2, 0.25) is 0 Å². The molecule has 1 fully saturated rings. The topological polar surface area (TPSA) is 42.2 Å². The quantitative estimate of drug-likeness (QED) is 0.818. The van der Waals surface area contributed by atoms with Crippen molar-refractivity contribution >= 4 is 5.78 Å². The van der Waals surface area contributed by atoms with Gasteiger partial charge in [-0.1, -0.05) is 0 Å². The van der Waals surface area contributed by atoms with Gasteiger partial charge in [0.25, 0.3) is 0 Å². The highest BCUT2D eigenvalue weighted by Crippen LogP contribution is 2.15. The first-order valence-electron chi connectivity index (χ1n) is 5.59. The van der Waals surface area contributed by atoms with Crippen LogP contribution in [0.15, 0.2) is 22.8 Å². The van der Waals surface area contributed by atoms with Crippen molar-refractivity contribution in [1.29, 1.82) is 0 Å². The minimum absolute atomic E-state index is 0.290. The average Bonchev–Trinajstić information content (AvgIpc) is 2.71. The van der Waals surface area contributed by atoms with Crippen molar-refractivity contribution in [2.24, 2.45) is 5.92 Å². The van der Waals surface area contributed by atoms with Crippen molar-refractivity contribution < 1.29 is 9.21 Å². The van der Waals surface area contributed by atoms with Crippen LogP contribution in [0.4, 0.5) is 0 Å². The molecule has 0 amide bonds. The van der Waals surface area contributed by atoms with Gasteiger partial charge in [-0.15, -0.1) is 0 Å². The summed E-state index contributed by atoms with van der Waals surface area (Å²) in [5, 5.41) is 3.32. The van der Waals surface area contributed by atoms with Crippen LogP contribution < -0.4 is 5.32 Å². The minimum Gasteiger partial charge on any atom is -0.469 e. The lowest BCUT2D eigenvalue weighted by Crippen LogP contribution is -2.31. The number of carbonyl (C=O) groups excluding carboxylic acids is 1. The largest absolute Gasteiger partial charge is 0.469 e. The van der Waals surface area contributed by atoms with Crippen molar-refractivity contribution in [2.75, 3.05) is 13.1 Å². The molecule has 0 bridgehead atoms. The Hall–Kier alpha value is -1.09. The number of Topliss-reactive ketones (excluding diaryl/α,β-unsaturated/α-hetero) is 1. The summed E-state index contributed by atoms with van der Waals surface area (Å²) in [6.45, 7) is 2.09. The number of ketones is 1. The molecular weight excluding hydrogens is 190 g/mol. The van der Waals surface area contributed by atoms with Crippen LogP contribution in [0.1, 0.15) is 25.0 Å². The molecule has 1 N–H and O–H groups in total. The Bertz CT molecular complexity index is 299. The maximum Gasteiger partial charge on any atom is 0.140 e. The third-order valence-corrected chi connectivity index (χ3v) is 2.87. The molecule has 0 radical (unpaired) electrons. The van der Waals surface area contributed by atoms with E-state index in [1.165, 1.54) is 12.8 Å². The SMILES string of the molecule is O=C(Cc1ccco1)CC1CCCNC1. The lowest BCUT2D eigenvalue weighted by molar-refractivity contribution is -0.119. The Balaban J connectivity index is 1.76. The van der Waals surface area contributed by atoms with E-state index in [0.717, 1.165) is 18.8 Å². The molecule has 1 aromatic rings. The zero-order chi connectivity index (χ0) is 10.5. The minimum atomic E-state index is 0.290. The van der Waals surface area contributed by atoms with Gasteiger partial charge in [-0.05, 0) is 44.0 Å². The molecular formula is C12H17NO2. The van der Waals surface area contributed by atoms with Gasteiger partial charge in [0.1, 0.15) is 11.5 Å². The van der Waals surface area contributed by atoms with Gasteiger partial charge in [-0.25, -0.2) is 0 Å². The lowest BCUT2D eigenvalue weighted by Gasteiger charge is -2.21. The number of nitrogens with one attached hydrogen (secondary N) is 1. The highest BCUT2D eigenvalue weighted by Gasteiger charge is 2.17. The average molecular weight is 207 g/mol. The summed E-state index contributed by atoms with van der Waals surface area (Å²) in [6, 6.07) is 3.68. The molecule has 1 aromatic heterocycles. The van der Waals surface area contributed by atoms with Crippen LogP contribution in [0, 0.1) is 5.92 Å². The van der Waals surface area contributed by atoms with Crippen LogP contribution >= 0.6 is 0 Å². The maximum atomic E-state index is 11.7. The predicted molar refractivity (Wildman–Crippen MR) is 57.6 cm³/mol. The normalized spacial score (nSPS) is 21.5. The molecule has 1 aliphatic heterocycles. The maximum absolute atomic E-state index is 11.7. The zero-order valence-electron chi connectivity index (χ0n) is 8.87. The summed E-state index contributed by atoms with van der Waals surface area (Å²) in [6.07, 6.45) is 5.12. The van der Waals surface area contributed by atoms with E-state index >= 15 is 0 Å². The first-order valence-corrected chi connectivity index (χ1v) is 5.59. The van der Waals surface area contributed by atoms with E-state index in [-0.39, 0.29) is 0 Å². The molecule has 2 rings (SSSR count). The first-order chi connectivity index (χ1) is 7.34. The van der Waals surface area contributed by atoms with Gasteiger partial charge >= 0.3 is 0 Å². The molecule has 0 aliphatic carbocycles. The fraction of sp³-hybridized carbons (Fsp3) is 0.583.